The van der Waals surface area contributed by atoms with Crippen LogP contribution in [0.1, 0.15) is 12.0 Å². The van der Waals surface area contributed by atoms with Gasteiger partial charge in [0.05, 0.1) is 11.4 Å². The van der Waals surface area contributed by atoms with Gasteiger partial charge < -0.3 is 10.0 Å². The zero-order valence-electron chi connectivity index (χ0n) is 12.9. The van der Waals surface area contributed by atoms with Crippen LogP contribution in [0.2, 0.25) is 0 Å². The monoisotopic (exact) mass is 305 g/mol. The van der Waals surface area contributed by atoms with Crippen molar-refractivity contribution in [3.8, 4) is 16.9 Å². The summed E-state index contributed by atoms with van der Waals surface area (Å²) in [5.74, 6) is 0. The van der Waals surface area contributed by atoms with E-state index in [0.717, 1.165) is 30.9 Å². The third kappa shape index (κ3) is 2.51. The molecule has 4 rings (SSSR count). The second kappa shape index (κ2) is 5.89. The van der Waals surface area contributed by atoms with Crippen LogP contribution in [0.25, 0.3) is 16.9 Å². The number of aliphatic hydroxyl groups is 1. The lowest BCUT2D eigenvalue weighted by Crippen LogP contribution is -2.27. The van der Waals surface area contributed by atoms with Gasteiger partial charge >= 0.3 is 0 Å². The molecular formula is C19H19N3O. The number of hydrogen-bond donors (Lipinski definition) is 1. The molecule has 1 aromatic heterocycles. The molecule has 0 fully saturated rings. The van der Waals surface area contributed by atoms with Gasteiger partial charge in [-0.25, -0.2) is 4.68 Å². The summed E-state index contributed by atoms with van der Waals surface area (Å²) in [6, 6.07) is 18.6. The Hall–Kier alpha value is -2.59. The molecule has 0 bridgehead atoms. The number of fused-ring (bicyclic) bond motifs is 3. The maximum Gasteiger partial charge on any atom is 0.0998 e. The SMILES string of the molecule is OCCCN1Cc2cn(-c3ccccc3)nc2-c2ccccc21. The summed E-state index contributed by atoms with van der Waals surface area (Å²) in [5.41, 5.74) is 5.73. The molecule has 23 heavy (non-hydrogen) atoms. The highest BCUT2D eigenvalue weighted by Gasteiger charge is 2.24. The molecule has 1 N–H and O–H groups in total. The minimum atomic E-state index is 0.217. The molecule has 4 nitrogen and oxygen atoms in total. The average molecular weight is 305 g/mol. The number of rotatable bonds is 4. The highest BCUT2D eigenvalue weighted by atomic mass is 16.3. The number of aliphatic hydroxyl groups excluding tert-OH is 1. The maximum absolute atomic E-state index is 9.15. The zero-order chi connectivity index (χ0) is 15.6. The fourth-order valence-corrected chi connectivity index (χ4v) is 3.17. The van der Waals surface area contributed by atoms with Crippen LogP contribution >= 0.6 is 0 Å². The standard InChI is InChI=1S/C19H19N3O/c23-12-6-11-21-13-15-14-22(16-7-2-1-3-8-16)20-19(15)17-9-4-5-10-18(17)21/h1-5,7-10,14,23H,6,11-13H2. The van der Waals surface area contributed by atoms with Gasteiger partial charge in [0, 0.05) is 42.7 Å². The zero-order valence-corrected chi connectivity index (χ0v) is 12.9. The first-order valence-corrected chi connectivity index (χ1v) is 7.96. The molecule has 2 aromatic carbocycles. The Morgan fingerprint density at radius 2 is 1.78 bits per heavy atom. The van der Waals surface area contributed by atoms with Crippen molar-refractivity contribution in [1.82, 2.24) is 9.78 Å². The van der Waals surface area contributed by atoms with Crippen molar-refractivity contribution in [2.45, 2.75) is 13.0 Å². The first kappa shape index (κ1) is 14.0. The van der Waals surface area contributed by atoms with Crippen LogP contribution in [0, 0.1) is 0 Å². The third-order valence-corrected chi connectivity index (χ3v) is 4.26. The highest BCUT2D eigenvalue weighted by molar-refractivity contribution is 5.81. The summed E-state index contributed by atoms with van der Waals surface area (Å²) in [5, 5.41) is 14.0. The summed E-state index contributed by atoms with van der Waals surface area (Å²) in [4.78, 5) is 2.32. The number of benzene rings is 2. The van der Waals surface area contributed by atoms with E-state index in [1.807, 2.05) is 22.9 Å². The summed E-state index contributed by atoms with van der Waals surface area (Å²) in [7, 11) is 0. The molecule has 0 aliphatic carbocycles. The second-order valence-corrected chi connectivity index (χ2v) is 5.80. The van der Waals surface area contributed by atoms with E-state index in [4.69, 9.17) is 10.2 Å². The van der Waals surface area contributed by atoms with Crippen molar-refractivity contribution in [2.24, 2.45) is 0 Å². The Labute approximate surface area is 135 Å². The van der Waals surface area contributed by atoms with Gasteiger partial charge in [-0.2, -0.15) is 5.10 Å². The Balaban J connectivity index is 1.78. The molecule has 116 valence electrons. The van der Waals surface area contributed by atoms with Crippen LogP contribution < -0.4 is 4.90 Å². The van der Waals surface area contributed by atoms with Crippen LogP contribution in [-0.2, 0) is 6.54 Å². The van der Waals surface area contributed by atoms with Crippen molar-refractivity contribution in [1.29, 1.82) is 0 Å². The molecule has 0 spiro atoms. The van der Waals surface area contributed by atoms with Crippen molar-refractivity contribution < 1.29 is 5.11 Å². The number of nitrogens with zero attached hydrogens (tertiary/aromatic N) is 3. The Kier molecular flexibility index (Phi) is 3.60. The minimum Gasteiger partial charge on any atom is -0.396 e. The predicted molar refractivity (Wildman–Crippen MR) is 91.8 cm³/mol. The topological polar surface area (TPSA) is 41.3 Å². The summed E-state index contributed by atoms with van der Waals surface area (Å²) in [6.45, 7) is 1.90. The summed E-state index contributed by atoms with van der Waals surface area (Å²) >= 11 is 0. The fourth-order valence-electron chi connectivity index (χ4n) is 3.17. The van der Waals surface area contributed by atoms with Gasteiger partial charge in [0.15, 0.2) is 0 Å². The van der Waals surface area contributed by atoms with Gasteiger partial charge in [-0.1, -0.05) is 36.4 Å². The van der Waals surface area contributed by atoms with Gasteiger partial charge in [-0.15, -0.1) is 0 Å². The van der Waals surface area contributed by atoms with Crippen LogP contribution in [0.4, 0.5) is 5.69 Å². The Morgan fingerprint density at radius 1 is 1.00 bits per heavy atom. The quantitative estimate of drug-likeness (QED) is 0.804. The van der Waals surface area contributed by atoms with Crippen molar-refractivity contribution in [2.75, 3.05) is 18.1 Å². The number of aromatic nitrogens is 2. The fraction of sp³-hybridized carbons (Fsp3) is 0.211. The van der Waals surface area contributed by atoms with E-state index in [-0.39, 0.29) is 6.61 Å². The molecule has 0 amide bonds. The Bertz CT molecular complexity index is 810. The molecule has 2 heterocycles. The Morgan fingerprint density at radius 3 is 2.61 bits per heavy atom. The maximum atomic E-state index is 9.15. The van der Waals surface area contributed by atoms with E-state index in [9.17, 15) is 0 Å². The van der Waals surface area contributed by atoms with Crippen LogP contribution in [0.5, 0.6) is 0 Å². The van der Waals surface area contributed by atoms with Gasteiger partial charge in [0.1, 0.15) is 0 Å². The second-order valence-electron chi connectivity index (χ2n) is 5.80. The summed E-state index contributed by atoms with van der Waals surface area (Å²) < 4.78 is 1.96. The highest BCUT2D eigenvalue weighted by Crippen LogP contribution is 2.38. The van der Waals surface area contributed by atoms with E-state index < -0.39 is 0 Å². The molecule has 1 aliphatic rings. The molecule has 0 atom stereocenters. The van der Waals surface area contributed by atoms with Gasteiger partial charge in [-0.3, -0.25) is 0 Å². The average Bonchev–Trinajstić information content (AvgIpc) is 3.05. The molecule has 0 saturated heterocycles. The molecule has 0 saturated carbocycles. The van der Waals surface area contributed by atoms with E-state index in [2.05, 4.69) is 47.5 Å². The van der Waals surface area contributed by atoms with Crippen molar-refractivity contribution >= 4 is 5.69 Å². The predicted octanol–water partition coefficient (Wildman–Crippen LogP) is 3.24. The number of para-hydroxylation sites is 2. The third-order valence-electron chi connectivity index (χ3n) is 4.26. The normalized spacial score (nSPS) is 12.8. The largest absolute Gasteiger partial charge is 0.396 e. The lowest BCUT2D eigenvalue weighted by Gasteiger charge is -2.30. The van der Waals surface area contributed by atoms with Crippen LogP contribution in [0.3, 0.4) is 0 Å². The van der Waals surface area contributed by atoms with E-state index >= 15 is 0 Å². The van der Waals surface area contributed by atoms with Gasteiger partial charge in [0.2, 0.25) is 0 Å². The molecule has 4 heteroatoms. The first-order valence-electron chi connectivity index (χ1n) is 7.96. The van der Waals surface area contributed by atoms with E-state index in [1.54, 1.807) is 0 Å². The lowest BCUT2D eigenvalue weighted by molar-refractivity contribution is 0.289. The minimum absolute atomic E-state index is 0.217. The van der Waals surface area contributed by atoms with Gasteiger partial charge in [0.25, 0.3) is 0 Å². The van der Waals surface area contributed by atoms with E-state index in [1.165, 1.54) is 16.8 Å². The smallest absolute Gasteiger partial charge is 0.0998 e. The summed E-state index contributed by atoms with van der Waals surface area (Å²) in [6.07, 6.45) is 2.89. The van der Waals surface area contributed by atoms with Crippen molar-refractivity contribution in [3.63, 3.8) is 0 Å². The van der Waals surface area contributed by atoms with E-state index in [0.29, 0.717) is 0 Å². The molecule has 1 aliphatic heterocycles. The molecule has 0 unspecified atom stereocenters. The van der Waals surface area contributed by atoms with Crippen LogP contribution in [0.15, 0.2) is 60.8 Å². The lowest BCUT2D eigenvalue weighted by atomic mass is 10.00. The molecule has 0 radical (unpaired) electrons. The first-order chi connectivity index (χ1) is 11.4. The molecule has 3 aromatic rings. The number of anilines is 1. The van der Waals surface area contributed by atoms with Gasteiger partial charge in [-0.05, 0) is 24.6 Å². The molecular weight excluding hydrogens is 286 g/mol. The number of hydrogen-bond acceptors (Lipinski definition) is 3. The van der Waals surface area contributed by atoms with Crippen molar-refractivity contribution in [3.05, 3.63) is 66.4 Å². The van der Waals surface area contributed by atoms with Crippen LogP contribution in [-0.4, -0.2) is 28.0 Å².